The van der Waals surface area contributed by atoms with E-state index in [4.69, 9.17) is 9.47 Å². The summed E-state index contributed by atoms with van der Waals surface area (Å²) in [5.74, 6) is -1.58. The molecule has 0 aliphatic carbocycles. The SMILES string of the molecule is C=CCCCC(CCCC(CCCCCCC(=O)OCC)C(=O)O)OC(C)=O. The number of hydrogen-bond donors (Lipinski definition) is 1. The number of allylic oxidation sites excluding steroid dienone is 1. The fourth-order valence-corrected chi connectivity index (χ4v) is 3.22. The Morgan fingerprint density at radius 1 is 0.964 bits per heavy atom. The summed E-state index contributed by atoms with van der Waals surface area (Å²) >= 11 is 0. The molecule has 0 aromatic rings. The van der Waals surface area contributed by atoms with Crippen LogP contribution < -0.4 is 0 Å². The molecule has 0 saturated heterocycles. The molecule has 28 heavy (non-hydrogen) atoms. The number of carboxylic acid groups (broad SMARTS) is 1. The fraction of sp³-hybridized carbons (Fsp3) is 0.773. The van der Waals surface area contributed by atoms with Crippen molar-refractivity contribution in [1.29, 1.82) is 0 Å². The highest BCUT2D eigenvalue weighted by Crippen LogP contribution is 2.21. The van der Waals surface area contributed by atoms with Crippen molar-refractivity contribution >= 4 is 17.9 Å². The maximum absolute atomic E-state index is 11.5. The van der Waals surface area contributed by atoms with Crippen molar-refractivity contribution in [2.45, 2.75) is 97.0 Å². The maximum Gasteiger partial charge on any atom is 0.306 e. The molecular formula is C22H38O6. The molecule has 0 aliphatic heterocycles. The first-order chi connectivity index (χ1) is 13.4. The molecule has 0 saturated carbocycles. The van der Waals surface area contributed by atoms with E-state index in [0.717, 1.165) is 51.4 Å². The van der Waals surface area contributed by atoms with Crippen LogP contribution in [0.2, 0.25) is 0 Å². The standard InChI is InChI=1S/C22H38O6/c1-4-6-9-15-20(28-18(3)23)16-12-14-19(22(25)26)13-10-7-8-11-17-21(24)27-5-2/h4,19-20H,1,5-17H2,2-3H3,(H,25,26). The molecular weight excluding hydrogens is 360 g/mol. The second-order valence-corrected chi connectivity index (χ2v) is 7.17. The van der Waals surface area contributed by atoms with E-state index in [1.165, 1.54) is 6.92 Å². The van der Waals surface area contributed by atoms with Crippen LogP contribution in [-0.2, 0) is 23.9 Å². The molecule has 1 N–H and O–H groups in total. The number of hydrogen-bond acceptors (Lipinski definition) is 5. The Balaban J connectivity index is 4.07. The number of carbonyl (C=O) groups is 3. The van der Waals surface area contributed by atoms with Crippen LogP contribution in [-0.4, -0.2) is 35.7 Å². The molecule has 0 aromatic carbocycles. The van der Waals surface area contributed by atoms with Crippen LogP contribution in [0.15, 0.2) is 12.7 Å². The van der Waals surface area contributed by atoms with Crippen LogP contribution >= 0.6 is 0 Å². The third kappa shape index (κ3) is 15.2. The lowest BCUT2D eigenvalue weighted by molar-refractivity contribution is -0.148. The zero-order chi connectivity index (χ0) is 21.2. The molecule has 0 heterocycles. The first kappa shape index (κ1) is 26.1. The molecule has 6 heteroatoms. The quantitative estimate of drug-likeness (QED) is 0.197. The second kappa shape index (κ2) is 17.3. The van der Waals surface area contributed by atoms with Crippen LogP contribution in [0.4, 0.5) is 0 Å². The Morgan fingerprint density at radius 2 is 1.61 bits per heavy atom. The smallest absolute Gasteiger partial charge is 0.306 e. The van der Waals surface area contributed by atoms with Crippen molar-refractivity contribution in [3.05, 3.63) is 12.7 Å². The third-order valence-electron chi connectivity index (χ3n) is 4.68. The number of rotatable bonds is 18. The summed E-state index contributed by atoms with van der Waals surface area (Å²) in [5.41, 5.74) is 0. The van der Waals surface area contributed by atoms with Crippen LogP contribution in [0.1, 0.15) is 90.9 Å². The van der Waals surface area contributed by atoms with Gasteiger partial charge in [0.05, 0.1) is 12.5 Å². The van der Waals surface area contributed by atoms with Crippen LogP contribution in [0.5, 0.6) is 0 Å². The molecule has 2 unspecified atom stereocenters. The topological polar surface area (TPSA) is 89.9 Å². The Morgan fingerprint density at radius 3 is 2.21 bits per heavy atom. The Kier molecular flexibility index (Phi) is 16.1. The molecule has 162 valence electrons. The number of unbranched alkanes of at least 4 members (excludes halogenated alkanes) is 4. The second-order valence-electron chi connectivity index (χ2n) is 7.17. The van der Waals surface area contributed by atoms with Gasteiger partial charge >= 0.3 is 17.9 Å². The summed E-state index contributed by atoms with van der Waals surface area (Å²) in [7, 11) is 0. The van der Waals surface area contributed by atoms with Crippen LogP contribution in [0, 0.1) is 5.92 Å². The van der Waals surface area contributed by atoms with Crippen LogP contribution in [0.25, 0.3) is 0 Å². The molecule has 2 atom stereocenters. The van der Waals surface area contributed by atoms with Gasteiger partial charge in [-0.1, -0.05) is 25.3 Å². The summed E-state index contributed by atoms with van der Waals surface area (Å²) in [6.45, 7) is 7.30. The van der Waals surface area contributed by atoms with E-state index in [1.54, 1.807) is 6.92 Å². The zero-order valence-electron chi connectivity index (χ0n) is 17.6. The van der Waals surface area contributed by atoms with Gasteiger partial charge < -0.3 is 14.6 Å². The van der Waals surface area contributed by atoms with E-state index in [0.29, 0.717) is 32.3 Å². The minimum Gasteiger partial charge on any atom is -0.481 e. The Labute approximate surface area is 169 Å². The minimum absolute atomic E-state index is 0.144. The minimum atomic E-state index is -0.762. The highest BCUT2D eigenvalue weighted by Gasteiger charge is 2.18. The van der Waals surface area contributed by atoms with Gasteiger partial charge in [-0.3, -0.25) is 14.4 Å². The monoisotopic (exact) mass is 398 g/mol. The predicted molar refractivity (Wildman–Crippen MR) is 109 cm³/mol. The summed E-state index contributed by atoms with van der Waals surface area (Å²) in [6.07, 6.45) is 10.8. The van der Waals surface area contributed by atoms with E-state index in [-0.39, 0.29) is 24.0 Å². The number of ether oxygens (including phenoxy) is 2. The molecule has 0 radical (unpaired) electrons. The molecule has 0 aliphatic rings. The van der Waals surface area contributed by atoms with Gasteiger partial charge in [0.15, 0.2) is 0 Å². The average molecular weight is 399 g/mol. The van der Waals surface area contributed by atoms with Gasteiger partial charge in [-0.25, -0.2) is 0 Å². The lowest BCUT2D eigenvalue weighted by Crippen LogP contribution is -2.18. The summed E-state index contributed by atoms with van der Waals surface area (Å²) in [5, 5.41) is 9.43. The van der Waals surface area contributed by atoms with Crippen molar-refractivity contribution in [3.63, 3.8) is 0 Å². The largest absolute Gasteiger partial charge is 0.481 e. The van der Waals surface area contributed by atoms with Gasteiger partial charge in [-0.05, 0) is 58.3 Å². The van der Waals surface area contributed by atoms with Crippen molar-refractivity contribution in [2.24, 2.45) is 5.92 Å². The number of aliphatic carboxylic acids is 1. The predicted octanol–water partition coefficient (Wildman–Crippen LogP) is 5.05. The van der Waals surface area contributed by atoms with Crippen molar-refractivity contribution in [1.82, 2.24) is 0 Å². The first-order valence-corrected chi connectivity index (χ1v) is 10.6. The highest BCUT2D eigenvalue weighted by molar-refractivity contribution is 5.70. The van der Waals surface area contributed by atoms with E-state index in [1.807, 2.05) is 6.08 Å². The number of carbonyl (C=O) groups excluding carboxylic acids is 2. The molecule has 0 amide bonds. The maximum atomic E-state index is 11.5. The van der Waals surface area contributed by atoms with Gasteiger partial charge in [0.25, 0.3) is 0 Å². The zero-order valence-corrected chi connectivity index (χ0v) is 17.6. The van der Waals surface area contributed by atoms with Gasteiger partial charge in [0.1, 0.15) is 6.10 Å². The Hall–Kier alpha value is -1.85. The lowest BCUT2D eigenvalue weighted by Gasteiger charge is -2.18. The van der Waals surface area contributed by atoms with Gasteiger partial charge in [0, 0.05) is 13.3 Å². The van der Waals surface area contributed by atoms with Gasteiger partial charge in [-0.2, -0.15) is 0 Å². The lowest BCUT2D eigenvalue weighted by atomic mass is 9.93. The van der Waals surface area contributed by atoms with Crippen molar-refractivity contribution in [3.8, 4) is 0 Å². The molecule has 0 aromatic heterocycles. The summed E-state index contributed by atoms with van der Waals surface area (Å²) in [4.78, 5) is 34.0. The summed E-state index contributed by atoms with van der Waals surface area (Å²) < 4.78 is 10.2. The van der Waals surface area contributed by atoms with Gasteiger partial charge in [0.2, 0.25) is 0 Å². The summed E-state index contributed by atoms with van der Waals surface area (Å²) in [6, 6.07) is 0. The molecule has 6 nitrogen and oxygen atoms in total. The molecule has 0 bridgehead atoms. The number of carboxylic acids is 1. The molecule has 0 spiro atoms. The average Bonchev–Trinajstić information content (AvgIpc) is 2.62. The fourth-order valence-electron chi connectivity index (χ4n) is 3.22. The van der Waals surface area contributed by atoms with Gasteiger partial charge in [-0.15, -0.1) is 6.58 Å². The first-order valence-electron chi connectivity index (χ1n) is 10.6. The van der Waals surface area contributed by atoms with E-state index >= 15 is 0 Å². The van der Waals surface area contributed by atoms with Crippen molar-refractivity contribution < 1.29 is 29.0 Å². The van der Waals surface area contributed by atoms with E-state index in [2.05, 4.69) is 6.58 Å². The van der Waals surface area contributed by atoms with E-state index in [9.17, 15) is 19.5 Å². The van der Waals surface area contributed by atoms with Crippen molar-refractivity contribution in [2.75, 3.05) is 6.61 Å². The molecule has 0 fully saturated rings. The Bertz CT molecular complexity index is 460. The highest BCUT2D eigenvalue weighted by atomic mass is 16.5. The number of esters is 2. The molecule has 0 rings (SSSR count). The van der Waals surface area contributed by atoms with Crippen LogP contribution in [0.3, 0.4) is 0 Å². The third-order valence-corrected chi connectivity index (χ3v) is 4.68. The normalized spacial score (nSPS) is 12.8. The van der Waals surface area contributed by atoms with E-state index < -0.39 is 5.97 Å².